The topological polar surface area (TPSA) is 77.5 Å². The van der Waals surface area contributed by atoms with Gasteiger partial charge in [0, 0.05) is 12.1 Å². The number of aryl methyl sites for hydroxylation is 1. The van der Waals surface area contributed by atoms with Crippen LogP contribution in [0, 0.1) is 6.92 Å². The highest BCUT2D eigenvalue weighted by Gasteiger charge is 2.32. The lowest BCUT2D eigenvalue weighted by atomic mass is 10.1. The average molecular weight is 515 g/mol. The monoisotopic (exact) mass is 514 g/mol. The molecule has 3 aromatic rings. The van der Waals surface area contributed by atoms with E-state index in [1.54, 1.807) is 52.0 Å². The van der Waals surface area contributed by atoms with Crippen LogP contribution in [0.4, 0.5) is 13.2 Å². The Morgan fingerprint density at radius 1 is 1.00 bits per heavy atom. The minimum atomic E-state index is -4.41. The standard InChI is InChI=1S/C28H29F3N2O4/c1-5-36-26(35)27(3,4)37-22-8-6-7-19(17-22)15-16-32-25(34)23-13-14-24(33-18(23)2)20-9-11-21(12-10-20)28(29,30)31/h6-14,17H,5,15-16H2,1-4H3,(H,32,34). The number of nitrogens with one attached hydrogen (secondary N) is 1. The number of carbonyl (C=O) groups excluding carboxylic acids is 2. The van der Waals surface area contributed by atoms with Crippen LogP contribution >= 0.6 is 0 Å². The third-order valence-electron chi connectivity index (χ3n) is 5.58. The Morgan fingerprint density at radius 3 is 2.32 bits per heavy atom. The first-order chi connectivity index (χ1) is 17.4. The number of rotatable bonds is 9. The van der Waals surface area contributed by atoms with Crippen LogP contribution in [0.2, 0.25) is 0 Å². The molecule has 3 rings (SSSR count). The summed E-state index contributed by atoms with van der Waals surface area (Å²) in [7, 11) is 0. The molecule has 1 heterocycles. The summed E-state index contributed by atoms with van der Waals surface area (Å²) in [5, 5.41) is 2.86. The number of halogens is 3. The van der Waals surface area contributed by atoms with E-state index in [1.807, 2.05) is 12.1 Å². The number of ether oxygens (including phenoxy) is 2. The number of carbonyl (C=O) groups is 2. The van der Waals surface area contributed by atoms with Crippen molar-refractivity contribution in [3.63, 3.8) is 0 Å². The first-order valence-corrected chi connectivity index (χ1v) is 11.8. The van der Waals surface area contributed by atoms with Crippen molar-refractivity contribution in [1.82, 2.24) is 10.3 Å². The number of aromatic nitrogens is 1. The van der Waals surface area contributed by atoms with Crippen molar-refractivity contribution in [3.8, 4) is 17.0 Å². The van der Waals surface area contributed by atoms with Gasteiger partial charge in [-0.1, -0.05) is 24.3 Å². The smallest absolute Gasteiger partial charge is 0.416 e. The zero-order valence-electron chi connectivity index (χ0n) is 21.1. The van der Waals surface area contributed by atoms with Gasteiger partial charge < -0.3 is 14.8 Å². The Labute approximate surface area is 213 Å². The van der Waals surface area contributed by atoms with E-state index in [4.69, 9.17) is 9.47 Å². The normalized spacial score (nSPS) is 11.6. The second-order valence-corrected chi connectivity index (χ2v) is 8.89. The van der Waals surface area contributed by atoms with Crippen LogP contribution in [0.15, 0.2) is 60.7 Å². The van der Waals surface area contributed by atoms with Crippen LogP contribution in [0.1, 0.15) is 48.0 Å². The lowest BCUT2D eigenvalue weighted by Crippen LogP contribution is -2.39. The van der Waals surface area contributed by atoms with Crippen molar-refractivity contribution in [2.45, 2.75) is 45.9 Å². The van der Waals surface area contributed by atoms with Gasteiger partial charge in [-0.05, 0) is 76.1 Å². The zero-order chi connectivity index (χ0) is 27.2. The highest BCUT2D eigenvalue weighted by molar-refractivity contribution is 5.95. The predicted octanol–water partition coefficient (Wildman–Crippen LogP) is 5.77. The number of esters is 1. The molecule has 0 aliphatic carbocycles. The molecule has 9 heteroatoms. The van der Waals surface area contributed by atoms with Crippen LogP contribution in [-0.4, -0.2) is 35.6 Å². The number of benzene rings is 2. The molecule has 0 radical (unpaired) electrons. The van der Waals surface area contributed by atoms with Crippen LogP contribution in [0.25, 0.3) is 11.3 Å². The van der Waals surface area contributed by atoms with Crippen LogP contribution in [0.3, 0.4) is 0 Å². The number of alkyl halides is 3. The maximum absolute atomic E-state index is 12.8. The van der Waals surface area contributed by atoms with Gasteiger partial charge in [0.1, 0.15) is 5.75 Å². The van der Waals surface area contributed by atoms with Gasteiger partial charge >= 0.3 is 12.1 Å². The minimum Gasteiger partial charge on any atom is -0.476 e. The molecular weight excluding hydrogens is 485 g/mol. The van der Waals surface area contributed by atoms with Gasteiger partial charge in [0.15, 0.2) is 5.60 Å². The van der Waals surface area contributed by atoms with E-state index in [0.29, 0.717) is 41.2 Å². The predicted molar refractivity (Wildman–Crippen MR) is 133 cm³/mol. The number of pyridine rings is 1. The molecule has 1 amide bonds. The van der Waals surface area contributed by atoms with E-state index in [-0.39, 0.29) is 12.5 Å². The highest BCUT2D eigenvalue weighted by atomic mass is 19.4. The fourth-order valence-corrected chi connectivity index (χ4v) is 3.61. The van der Waals surface area contributed by atoms with Gasteiger partial charge in [-0.3, -0.25) is 9.78 Å². The molecule has 1 N–H and O–H groups in total. The first-order valence-electron chi connectivity index (χ1n) is 11.8. The molecule has 6 nitrogen and oxygen atoms in total. The van der Waals surface area contributed by atoms with Crippen molar-refractivity contribution >= 4 is 11.9 Å². The second-order valence-electron chi connectivity index (χ2n) is 8.89. The van der Waals surface area contributed by atoms with Crippen molar-refractivity contribution in [1.29, 1.82) is 0 Å². The molecule has 0 unspecified atom stereocenters. The maximum atomic E-state index is 12.8. The lowest BCUT2D eigenvalue weighted by molar-refractivity contribution is -0.158. The molecule has 0 bridgehead atoms. The molecule has 1 aromatic heterocycles. The average Bonchev–Trinajstić information content (AvgIpc) is 2.83. The number of amides is 1. The molecule has 0 aliphatic heterocycles. The van der Waals surface area contributed by atoms with E-state index in [0.717, 1.165) is 17.7 Å². The SMILES string of the molecule is CCOC(=O)C(C)(C)Oc1cccc(CCNC(=O)c2ccc(-c3ccc(C(F)(F)F)cc3)nc2C)c1. The number of hydrogen-bond donors (Lipinski definition) is 1. The third-order valence-corrected chi connectivity index (χ3v) is 5.58. The summed E-state index contributed by atoms with van der Waals surface area (Å²) in [6, 6.07) is 15.2. The Hall–Kier alpha value is -3.88. The number of nitrogens with zero attached hydrogens (tertiary/aromatic N) is 1. The lowest BCUT2D eigenvalue weighted by Gasteiger charge is -2.24. The quantitative estimate of drug-likeness (QED) is 0.367. The second kappa shape index (κ2) is 11.5. The molecule has 0 aliphatic rings. The Morgan fingerprint density at radius 2 is 1.70 bits per heavy atom. The van der Waals surface area contributed by atoms with Crippen molar-refractivity contribution in [3.05, 3.63) is 83.0 Å². The summed E-state index contributed by atoms with van der Waals surface area (Å²) in [4.78, 5) is 29.2. The van der Waals surface area contributed by atoms with Gasteiger partial charge in [-0.15, -0.1) is 0 Å². The zero-order valence-corrected chi connectivity index (χ0v) is 21.1. The molecule has 0 saturated carbocycles. The fraction of sp³-hybridized carbons (Fsp3) is 0.321. The molecule has 0 saturated heterocycles. The summed E-state index contributed by atoms with van der Waals surface area (Å²) in [5.41, 5.74) is 0.880. The minimum absolute atomic E-state index is 0.262. The highest BCUT2D eigenvalue weighted by Crippen LogP contribution is 2.30. The summed E-state index contributed by atoms with van der Waals surface area (Å²) >= 11 is 0. The third kappa shape index (κ3) is 7.31. The van der Waals surface area contributed by atoms with E-state index >= 15 is 0 Å². The van der Waals surface area contributed by atoms with Crippen LogP contribution < -0.4 is 10.1 Å². The van der Waals surface area contributed by atoms with Gasteiger partial charge in [0.05, 0.1) is 29.1 Å². The van der Waals surface area contributed by atoms with E-state index < -0.39 is 23.3 Å². The van der Waals surface area contributed by atoms with Crippen molar-refractivity contribution < 1.29 is 32.2 Å². The van der Waals surface area contributed by atoms with Crippen molar-refractivity contribution in [2.75, 3.05) is 13.2 Å². The van der Waals surface area contributed by atoms with E-state index in [2.05, 4.69) is 10.3 Å². The summed E-state index contributed by atoms with van der Waals surface area (Å²) in [5.74, 6) is -0.249. The van der Waals surface area contributed by atoms with Gasteiger partial charge in [-0.25, -0.2) is 4.79 Å². The first kappa shape index (κ1) is 27.7. The Bertz CT molecular complexity index is 1260. The Balaban J connectivity index is 1.59. The van der Waals surface area contributed by atoms with Crippen LogP contribution in [-0.2, 0) is 22.1 Å². The van der Waals surface area contributed by atoms with E-state index in [9.17, 15) is 22.8 Å². The van der Waals surface area contributed by atoms with Gasteiger partial charge in [0.2, 0.25) is 0 Å². The largest absolute Gasteiger partial charge is 0.476 e. The molecule has 0 spiro atoms. The molecule has 0 atom stereocenters. The summed E-state index contributed by atoms with van der Waals surface area (Å²) in [6.45, 7) is 7.29. The van der Waals surface area contributed by atoms with Gasteiger partial charge in [0.25, 0.3) is 5.91 Å². The molecule has 196 valence electrons. The Kier molecular flexibility index (Phi) is 8.57. The number of hydrogen-bond acceptors (Lipinski definition) is 5. The molecular formula is C28H29F3N2O4. The molecule has 37 heavy (non-hydrogen) atoms. The maximum Gasteiger partial charge on any atom is 0.416 e. The van der Waals surface area contributed by atoms with Crippen LogP contribution in [0.5, 0.6) is 5.75 Å². The molecule has 2 aromatic carbocycles. The van der Waals surface area contributed by atoms with E-state index in [1.165, 1.54) is 12.1 Å². The van der Waals surface area contributed by atoms with Gasteiger partial charge in [-0.2, -0.15) is 13.2 Å². The summed E-state index contributed by atoms with van der Waals surface area (Å²) in [6.07, 6.45) is -3.88. The molecule has 0 fully saturated rings. The summed E-state index contributed by atoms with van der Waals surface area (Å²) < 4.78 is 49.2. The van der Waals surface area contributed by atoms with Crippen molar-refractivity contribution in [2.24, 2.45) is 0 Å². The fourth-order valence-electron chi connectivity index (χ4n) is 3.61.